The molecule has 2 heterocycles. The van der Waals surface area contributed by atoms with E-state index in [1.165, 1.54) is 54.6 Å². The lowest BCUT2D eigenvalue weighted by Crippen LogP contribution is -2.00. The van der Waals surface area contributed by atoms with Crippen LogP contribution in [0.25, 0.3) is 116 Å². The first kappa shape index (κ1) is 36.5. The molecule has 2 aromatic heterocycles. The van der Waals surface area contributed by atoms with Crippen LogP contribution in [-0.2, 0) is 0 Å². The maximum absolute atomic E-state index is 5.43. The molecule has 0 aliphatic carbocycles. The molecular formula is C60H39N3. The number of hydrogen-bond acceptors (Lipinski definition) is 2. The van der Waals surface area contributed by atoms with Crippen LogP contribution in [-0.4, -0.2) is 14.5 Å². The molecule has 0 bridgehead atoms. The minimum Gasteiger partial charge on any atom is -0.309 e. The second-order valence-electron chi connectivity index (χ2n) is 16.2. The molecule has 3 heteroatoms. The summed E-state index contributed by atoms with van der Waals surface area (Å²) in [6.45, 7) is 0. The number of rotatable bonds is 7. The van der Waals surface area contributed by atoms with Gasteiger partial charge in [0.1, 0.15) is 0 Å². The predicted octanol–water partition coefficient (Wildman–Crippen LogP) is 15.9. The maximum atomic E-state index is 5.43. The molecular weight excluding hydrogens is 763 g/mol. The molecule has 294 valence electrons. The van der Waals surface area contributed by atoms with Crippen LogP contribution >= 0.6 is 0 Å². The average Bonchev–Trinajstić information content (AvgIpc) is 3.70. The number of aromatic nitrogens is 3. The van der Waals surface area contributed by atoms with Crippen molar-refractivity contribution in [2.24, 2.45) is 0 Å². The summed E-state index contributed by atoms with van der Waals surface area (Å²) in [6, 6.07) is 84.8. The molecule has 10 aromatic carbocycles. The summed E-state index contributed by atoms with van der Waals surface area (Å²) >= 11 is 0. The Hall–Kier alpha value is -8.40. The van der Waals surface area contributed by atoms with Crippen molar-refractivity contribution >= 4 is 43.4 Å². The van der Waals surface area contributed by atoms with Crippen LogP contribution in [0.1, 0.15) is 0 Å². The zero-order valence-corrected chi connectivity index (χ0v) is 34.4. The van der Waals surface area contributed by atoms with Gasteiger partial charge in [0.05, 0.1) is 22.4 Å². The van der Waals surface area contributed by atoms with Gasteiger partial charge < -0.3 is 4.57 Å². The van der Waals surface area contributed by atoms with E-state index in [-0.39, 0.29) is 0 Å². The van der Waals surface area contributed by atoms with Gasteiger partial charge in [-0.2, -0.15) is 0 Å². The topological polar surface area (TPSA) is 30.7 Å². The predicted molar refractivity (Wildman–Crippen MR) is 264 cm³/mol. The summed E-state index contributed by atoms with van der Waals surface area (Å²) in [6.07, 6.45) is 0. The Morgan fingerprint density at radius 1 is 0.270 bits per heavy atom. The van der Waals surface area contributed by atoms with Crippen LogP contribution in [0.5, 0.6) is 0 Å². The zero-order valence-electron chi connectivity index (χ0n) is 34.4. The summed E-state index contributed by atoms with van der Waals surface area (Å²) in [4.78, 5) is 10.8. The minimum atomic E-state index is 0.664. The Bertz CT molecular complexity index is 3650. The number of hydrogen-bond donors (Lipinski definition) is 0. The molecule has 0 fully saturated rings. The van der Waals surface area contributed by atoms with E-state index < -0.39 is 0 Å². The monoisotopic (exact) mass is 801 g/mol. The minimum absolute atomic E-state index is 0.664. The molecule has 0 amide bonds. The van der Waals surface area contributed by atoms with E-state index in [1.54, 1.807) is 0 Å². The van der Waals surface area contributed by atoms with Crippen LogP contribution in [0.2, 0.25) is 0 Å². The molecule has 0 spiro atoms. The highest BCUT2D eigenvalue weighted by atomic mass is 15.0. The highest BCUT2D eigenvalue weighted by Crippen LogP contribution is 2.41. The van der Waals surface area contributed by atoms with Crippen LogP contribution in [0.15, 0.2) is 237 Å². The van der Waals surface area contributed by atoms with E-state index >= 15 is 0 Å². The van der Waals surface area contributed by atoms with E-state index in [0.717, 1.165) is 55.9 Å². The highest BCUT2D eigenvalue weighted by Gasteiger charge is 2.19. The second-order valence-corrected chi connectivity index (χ2v) is 16.2. The lowest BCUT2D eigenvalue weighted by Gasteiger charge is -2.17. The fourth-order valence-electron chi connectivity index (χ4n) is 9.32. The SMILES string of the molecule is c1ccc(-c2ccc(-c3cc(-c4ccccc4)nc(-c4cc(-c5cc6ccccc6c6ccccc56)cc(-n5c6ccccc6c6ccc(-c7ccccc7)cc65)c4)n3)cc2)cc1. The highest BCUT2D eigenvalue weighted by molar-refractivity contribution is 6.14. The van der Waals surface area contributed by atoms with E-state index in [1.807, 2.05) is 6.07 Å². The van der Waals surface area contributed by atoms with Crippen molar-refractivity contribution in [2.45, 2.75) is 0 Å². The van der Waals surface area contributed by atoms with Gasteiger partial charge in [0.15, 0.2) is 5.82 Å². The van der Waals surface area contributed by atoms with Crippen molar-refractivity contribution in [1.29, 1.82) is 0 Å². The first-order valence-corrected chi connectivity index (χ1v) is 21.5. The maximum Gasteiger partial charge on any atom is 0.160 e. The van der Waals surface area contributed by atoms with E-state index in [2.05, 4.69) is 235 Å². The summed E-state index contributed by atoms with van der Waals surface area (Å²) in [5.41, 5.74) is 15.0. The van der Waals surface area contributed by atoms with Gasteiger partial charge >= 0.3 is 0 Å². The van der Waals surface area contributed by atoms with E-state index in [4.69, 9.17) is 9.97 Å². The third-order valence-corrected chi connectivity index (χ3v) is 12.4. The van der Waals surface area contributed by atoms with Gasteiger partial charge in [-0.15, -0.1) is 0 Å². The molecule has 0 saturated carbocycles. The van der Waals surface area contributed by atoms with Crippen molar-refractivity contribution < 1.29 is 0 Å². The Morgan fingerprint density at radius 3 is 1.48 bits per heavy atom. The molecule has 0 atom stereocenters. The molecule has 0 unspecified atom stereocenters. The molecule has 3 nitrogen and oxygen atoms in total. The molecule has 0 saturated heterocycles. The summed E-state index contributed by atoms with van der Waals surface area (Å²) < 4.78 is 2.43. The first-order valence-electron chi connectivity index (χ1n) is 21.5. The van der Waals surface area contributed by atoms with Gasteiger partial charge in [-0.05, 0) is 97.4 Å². The largest absolute Gasteiger partial charge is 0.309 e. The van der Waals surface area contributed by atoms with Gasteiger partial charge in [-0.3, -0.25) is 0 Å². The van der Waals surface area contributed by atoms with E-state index in [0.29, 0.717) is 5.82 Å². The van der Waals surface area contributed by atoms with Gasteiger partial charge in [-0.1, -0.05) is 194 Å². The lowest BCUT2D eigenvalue weighted by molar-refractivity contribution is 1.16. The van der Waals surface area contributed by atoms with Crippen LogP contribution in [0.3, 0.4) is 0 Å². The normalized spacial score (nSPS) is 11.5. The fraction of sp³-hybridized carbons (Fsp3) is 0. The number of fused-ring (bicyclic) bond motifs is 6. The number of benzene rings is 10. The molecule has 12 aromatic rings. The number of para-hydroxylation sites is 1. The molecule has 0 radical (unpaired) electrons. The van der Waals surface area contributed by atoms with Crippen molar-refractivity contribution in [1.82, 2.24) is 14.5 Å². The van der Waals surface area contributed by atoms with Crippen molar-refractivity contribution in [3.63, 3.8) is 0 Å². The van der Waals surface area contributed by atoms with Crippen LogP contribution in [0, 0.1) is 0 Å². The van der Waals surface area contributed by atoms with Gasteiger partial charge in [0, 0.05) is 33.2 Å². The van der Waals surface area contributed by atoms with E-state index in [9.17, 15) is 0 Å². The molecule has 63 heavy (non-hydrogen) atoms. The van der Waals surface area contributed by atoms with Crippen LogP contribution in [0.4, 0.5) is 0 Å². The molecule has 0 aliphatic rings. The smallest absolute Gasteiger partial charge is 0.160 e. The zero-order chi connectivity index (χ0) is 41.7. The summed E-state index contributed by atoms with van der Waals surface area (Å²) in [7, 11) is 0. The summed E-state index contributed by atoms with van der Waals surface area (Å²) in [5.74, 6) is 0.664. The Labute approximate surface area is 365 Å². The van der Waals surface area contributed by atoms with Gasteiger partial charge in [-0.25, -0.2) is 9.97 Å². The fourth-order valence-corrected chi connectivity index (χ4v) is 9.32. The quantitative estimate of drug-likeness (QED) is 0.150. The van der Waals surface area contributed by atoms with Gasteiger partial charge in [0.2, 0.25) is 0 Å². The summed E-state index contributed by atoms with van der Waals surface area (Å²) in [5, 5.41) is 7.28. The Morgan fingerprint density at radius 2 is 0.762 bits per heavy atom. The molecule has 0 N–H and O–H groups in total. The first-order chi connectivity index (χ1) is 31.2. The van der Waals surface area contributed by atoms with Crippen molar-refractivity contribution in [3.05, 3.63) is 237 Å². The molecule has 0 aliphatic heterocycles. The van der Waals surface area contributed by atoms with Crippen molar-refractivity contribution in [3.8, 4) is 73.0 Å². The average molecular weight is 802 g/mol. The Balaban J connectivity index is 1.14. The second kappa shape index (κ2) is 15.3. The van der Waals surface area contributed by atoms with Crippen LogP contribution < -0.4 is 0 Å². The van der Waals surface area contributed by atoms with Gasteiger partial charge in [0.25, 0.3) is 0 Å². The Kier molecular flexibility index (Phi) is 8.83. The molecule has 12 rings (SSSR count). The van der Waals surface area contributed by atoms with Crippen molar-refractivity contribution in [2.75, 3.05) is 0 Å². The third kappa shape index (κ3) is 6.55. The lowest BCUT2D eigenvalue weighted by atomic mass is 9.92. The standard InChI is InChI=1S/C60H39N3/c1-4-16-40(17-5-1)42-28-30-44(31-29-42)57-39-56(43-20-8-3-9-21-43)61-60(62-57)48-34-47(55-37-46-22-10-11-23-50(46)51-24-12-13-25-52(51)55)35-49(36-48)63-58-27-15-14-26-53(58)54-33-32-45(38-59(54)63)41-18-6-2-7-19-41/h1-39H. The number of nitrogens with zero attached hydrogens (tertiary/aromatic N) is 3. The third-order valence-electron chi connectivity index (χ3n) is 12.4.